The van der Waals surface area contributed by atoms with E-state index in [1.165, 1.54) is 36.4 Å². The van der Waals surface area contributed by atoms with Crippen molar-refractivity contribution in [3.8, 4) is 0 Å². The van der Waals surface area contributed by atoms with Crippen LogP contribution < -0.4 is 11.1 Å². The van der Waals surface area contributed by atoms with Crippen molar-refractivity contribution in [3.05, 3.63) is 70.7 Å². The summed E-state index contributed by atoms with van der Waals surface area (Å²) in [4.78, 5) is 23.9. The third kappa shape index (κ3) is 5.63. The molecule has 162 valence electrons. The monoisotopic (exact) mass is 446 g/mol. The molecule has 2 atom stereocenters. The van der Waals surface area contributed by atoms with Gasteiger partial charge >= 0.3 is 12.0 Å². The van der Waals surface area contributed by atoms with E-state index < -0.39 is 48.0 Å². The van der Waals surface area contributed by atoms with E-state index in [4.69, 9.17) is 22.1 Å². The lowest BCUT2D eigenvalue weighted by Gasteiger charge is -2.31. The standard InChI is InChI=1S/C20H19ClF4N2O3/c1-19(17(26)28,11-15(22)23)27-18(29)30-16(12-6-3-2-4-7-12)20(24,25)13-8-5-9-14(21)10-13/h2-10,15-16H,11H2,1H3,(H2,26,28)(H,27,29)/t16?,19-/m0/s1. The fourth-order valence-corrected chi connectivity index (χ4v) is 2.90. The predicted octanol–water partition coefficient (Wildman–Crippen LogP) is 4.80. The molecule has 2 amide bonds. The van der Waals surface area contributed by atoms with Gasteiger partial charge in [0.05, 0.1) is 0 Å². The Balaban J connectivity index is 2.37. The summed E-state index contributed by atoms with van der Waals surface area (Å²) in [5.74, 6) is -5.01. The molecule has 3 N–H and O–H groups in total. The summed E-state index contributed by atoms with van der Waals surface area (Å²) in [5, 5.41) is 1.93. The Morgan fingerprint density at radius 3 is 2.30 bits per heavy atom. The first-order valence-corrected chi connectivity index (χ1v) is 9.09. The molecular weight excluding hydrogens is 428 g/mol. The van der Waals surface area contributed by atoms with E-state index in [-0.39, 0.29) is 10.6 Å². The first-order chi connectivity index (χ1) is 14.0. The van der Waals surface area contributed by atoms with Crippen molar-refractivity contribution in [2.75, 3.05) is 0 Å². The Hall–Kier alpha value is -2.81. The maximum Gasteiger partial charge on any atom is 0.408 e. The number of hydrogen-bond acceptors (Lipinski definition) is 3. The Morgan fingerprint density at radius 1 is 1.13 bits per heavy atom. The second-order valence-corrected chi connectivity index (χ2v) is 7.18. The molecule has 0 heterocycles. The maximum atomic E-state index is 15.3. The molecule has 10 heteroatoms. The van der Waals surface area contributed by atoms with Crippen LogP contribution in [0.2, 0.25) is 5.02 Å². The molecule has 30 heavy (non-hydrogen) atoms. The molecule has 0 spiro atoms. The van der Waals surface area contributed by atoms with Crippen molar-refractivity contribution >= 4 is 23.6 Å². The van der Waals surface area contributed by atoms with E-state index in [0.717, 1.165) is 19.1 Å². The summed E-state index contributed by atoms with van der Waals surface area (Å²) in [6.07, 6.45) is -7.74. The van der Waals surface area contributed by atoms with Crippen molar-refractivity contribution in [1.82, 2.24) is 5.32 Å². The van der Waals surface area contributed by atoms with E-state index in [1.807, 2.05) is 5.32 Å². The molecule has 2 aromatic carbocycles. The largest absolute Gasteiger partial charge is 0.434 e. The normalized spacial score (nSPS) is 14.6. The van der Waals surface area contributed by atoms with Crippen LogP contribution in [0.25, 0.3) is 0 Å². The second-order valence-electron chi connectivity index (χ2n) is 6.75. The zero-order valence-corrected chi connectivity index (χ0v) is 16.5. The van der Waals surface area contributed by atoms with Gasteiger partial charge in [0.15, 0.2) is 6.10 Å². The molecule has 0 aliphatic heterocycles. The van der Waals surface area contributed by atoms with Gasteiger partial charge in [-0.05, 0) is 24.6 Å². The van der Waals surface area contributed by atoms with Crippen LogP contribution in [0.3, 0.4) is 0 Å². The molecule has 5 nitrogen and oxygen atoms in total. The van der Waals surface area contributed by atoms with Gasteiger partial charge < -0.3 is 15.8 Å². The van der Waals surface area contributed by atoms with Gasteiger partial charge in [-0.1, -0.05) is 54.1 Å². The Bertz CT molecular complexity index is 899. The Labute approximate surface area is 175 Å². The number of alkyl halides is 4. The van der Waals surface area contributed by atoms with E-state index in [9.17, 15) is 18.4 Å². The van der Waals surface area contributed by atoms with Crippen LogP contribution in [0.4, 0.5) is 22.4 Å². The highest BCUT2D eigenvalue weighted by molar-refractivity contribution is 6.30. The smallest absolute Gasteiger partial charge is 0.408 e. The third-order valence-electron chi connectivity index (χ3n) is 4.35. The van der Waals surface area contributed by atoms with Gasteiger partial charge in [-0.15, -0.1) is 0 Å². The van der Waals surface area contributed by atoms with Crippen LogP contribution in [0.5, 0.6) is 0 Å². The summed E-state index contributed by atoms with van der Waals surface area (Å²) in [6.45, 7) is 0.954. The quantitative estimate of drug-likeness (QED) is 0.571. The van der Waals surface area contributed by atoms with Crippen LogP contribution in [-0.2, 0) is 15.5 Å². The maximum absolute atomic E-state index is 15.3. The SMILES string of the molecule is C[C@@](CC(F)F)(NC(=O)OC(c1ccccc1)C(F)(F)c1cccc(Cl)c1)C(N)=O. The highest BCUT2D eigenvalue weighted by atomic mass is 35.5. The topological polar surface area (TPSA) is 81.4 Å². The number of amides is 2. The fourth-order valence-electron chi connectivity index (χ4n) is 2.71. The van der Waals surface area contributed by atoms with Crippen LogP contribution in [0.15, 0.2) is 54.6 Å². The highest BCUT2D eigenvalue weighted by Gasteiger charge is 2.46. The Morgan fingerprint density at radius 2 is 1.77 bits per heavy atom. The molecule has 0 saturated carbocycles. The zero-order chi connectivity index (χ0) is 22.5. The molecule has 0 bridgehead atoms. The highest BCUT2D eigenvalue weighted by Crippen LogP contribution is 2.43. The minimum absolute atomic E-state index is 0.0432. The molecule has 2 rings (SSSR count). The average molecular weight is 447 g/mol. The summed E-state index contributed by atoms with van der Waals surface area (Å²) < 4.78 is 61.0. The number of benzene rings is 2. The number of rotatable bonds is 8. The van der Waals surface area contributed by atoms with E-state index in [1.54, 1.807) is 6.07 Å². The Kier molecular flexibility index (Phi) is 7.30. The van der Waals surface area contributed by atoms with Gasteiger partial charge in [-0.2, -0.15) is 8.78 Å². The van der Waals surface area contributed by atoms with Gasteiger partial charge in [0, 0.05) is 17.0 Å². The van der Waals surface area contributed by atoms with Gasteiger partial charge in [-0.3, -0.25) is 4.79 Å². The van der Waals surface area contributed by atoms with Gasteiger partial charge in [0.2, 0.25) is 12.3 Å². The van der Waals surface area contributed by atoms with Crippen molar-refractivity contribution in [3.63, 3.8) is 0 Å². The molecule has 1 unspecified atom stereocenters. The van der Waals surface area contributed by atoms with E-state index >= 15 is 8.78 Å². The number of halogens is 5. The zero-order valence-electron chi connectivity index (χ0n) is 15.7. The van der Waals surface area contributed by atoms with E-state index in [2.05, 4.69) is 0 Å². The number of nitrogens with one attached hydrogen (secondary N) is 1. The summed E-state index contributed by atoms with van der Waals surface area (Å²) in [6, 6.07) is 11.9. The fraction of sp³-hybridized carbons (Fsp3) is 0.300. The molecule has 0 aliphatic rings. The number of ether oxygens (including phenoxy) is 1. The lowest BCUT2D eigenvalue weighted by atomic mass is 9.96. The summed E-state index contributed by atoms with van der Waals surface area (Å²) >= 11 is 5.80. The molecule has 0 saturated heterocycles. The number of nitrogens with two attached hydrogens (primary N) is 1. The average Bonchev–Trinajstić information content (AvgIpc) is 2.66. The second kappa shape index (κ2) is 9.34. The van der Waals surface area contributed by atoms with Crippen LogP contribution in [-0.4, -0.2) is 24.0 Å². The third-order valence-corrected chi connectivity index (χ3v) is 4.59. The van der Waals surface area contributed by atoms with Crippen molar-refractivity contribution in [2.24, 2.45) is 5.73 Å². The molecule has 2 aromatic rings. The molecule has 0 fully saturated rings. The number of hydrogen-bond donors (Lipinski definition) is 2. The number of carbonyl (C=O) groups is 2. The first-order valence-electron chi connectivity index (χ1n) is 8.71. The number of alkyl carbamates (subject to hydrolysis) is 1. The van der Waals surface area contributed by atoms with Crippen LogP contribution in [0.1, 0.15) is 30.6 Å². The van der Waals surface area contributed by atoms with Gasteiger partial charge in [0.1, 0.15) is 5.54 Å². The minimum atomic E-state index is -3.74. The molecule has 0 aliphatic carbocycles. The minimum Gasteiger partial charge on any atom is -0.434 e. The molecule has 0 aromatic heterocycles. The summed E-state index contributed by atoms with van der Waals surface area (Å²) in [7, 11) is 0. The number of carbonyl (C=O) groups excluding carboxylic acids is 2. The lowest BCUT2D eigenvalue weighted by Crippen LogP contribution is -2.56. The van der Waals surface area contributed by atoms with Crippen LogP contribution in [0, 0.1) is 0 Å². The van der Waals surface area contributed by atoms with Crippen molar-refractivity contribution < 1.29 is 31.9 Å². The molecule has 0 radical (unpaired) electrons. The van der Waals surface area contributed by atoms with Crippen molar-refractivity contribution in [1.29, 1.82) is 0 Å². The predicted molar refractivity (Wildman–Crippen MR) is 102 cm³/mol. The lowest BCUT2D eigenvalue weighted by molar-refractivity contribution is -0.129. The van der Waals surface area contributed by atoms with Gasteiger partial charge in [0.25, 0.3) is 0 Å². The van der Waals surface area contributed by atoms with Crippen LogP contribution >= 0.6 is 11.6 Å². The molecular formula is C20H19ClF4N2O3. The van der Waals surface area contributed by atoms with Crippen molar-refractivity contribution in [2.45, 2.75) is 37.3 Å². The number of primary amides is 1. The summed E-state index contributed by atoms with van der Waals surface area (Å²) in [5.41, 5.74) is 2.31. The first kappa shape index (κ1) is 23.5. The van der Waals surface area contributed by atoms with Gasteiger partial charge in [-0.25, -0.2) is 13.6 Å². The van der Waals surface area contributed by atoms with E-state index in [0.29, 0.717) is 0 Å².